The summed E-state index contributed by atoms with van der Waals surface area (Å²) >= 11 is 6.24. The van der Waals surface area contributed by atoms with Crippen molar-refractivity contribution in [3.05, 3.63) is 22.7 Å². The number of rotatable bonds is 6. The van der Waals surface area contributed by atoms with Crippen molar-refractivity contribution in [1.82, 2.24) is 5.32 Å². The number of halogens is 2. The molecule has 2 bridgehead atoms. The minimum absolute atomic E-state index is 0. The minimum Gasteiger partial charge on any atom is -0.493 e. The predicted molar refractivity (Wildman–Crippen MR) is 109 cm³/mol. The van der Waals surface area contributed by atoms with Gasteiger partial charge in [-0.25, -0.2) is 0 Å². The van der Waals surface area contributed by atoms with E-state index in [0.29, 0.717) is 17.4 Å². The number of carbonyl (C=O) groups is 2. The van der Waals surface area contributed by atoms with E-state index >= 15 is 0 Å². The second kappa shape index (κ2) is 9.67. The third-order valence-corrected chi connectivity index (χ3v) is 5.81. The Kier molecular flexibility index (Phi) is 7.80. The van der Waals surface area contributed by atoms with Gasteiger partial charge in [0.1, 0.15) is 0 Å². The minimum atomic E-state index is -0.628. The van der Waals surface area contributed by atoms with Crippen LogP contribution in [-0.4, -0.2) is 37.6 Å². The van der Waals surface area contributed by atoms with Crippen LogP contribution in [0.3, 0.4) is 0 Å². The first-order valence-electron chi connectivity index (χ1n) is 9.24. The van der Waals surface area contributed by atoms with Gasteiger partial charge in [-0.15, -0.1) is 12.4 Å². The van der Waals surface area contributed by atoms with Crippen molar-refractivity contribution in [1.29, 1.82) is 0 Å². The van der Waals surface area contributed by atoms with E-state index in [1.807, 2.05) is 0 Å². The molecule has 1 aromatic carbocycles. The van der Waals surface area contributed by atoms with Gasteiger partial charge < -0.3 is 26.3 Å². The highest BCUT2D eigenvalue weighted by Gasteiger charge is 2.40. The average Bonchev–Trinajstić information content (AvgIpc) is 2.60. The Bertz CT molecular complexity index is 717. The summed E-state index contributed by atoms with van der Waals surface area (Å²) in [6.45, 7) is -0.326. The Morgan fingerprint density at radius 2 is 1.89 bits per heavy atom. The summed E-state index contributed by atoms with van der Waals surface area (Å²) in [5, 5.41) is 3.37. The van der Waals surface area contributed by atoms with E-state index in [1.54, 1.807) is 6.07 Å². The molecule has 0 heterocycles. The first kappa shape index (κ1) is 22.6. The molecule has 2 aliphatic rings. The number of carbonyl (C=O) groups excluding carboxylic acids is 2. The SMILES string of the molecule is COc1cc(C(=O)NC2C3CCCC2CC(N)C3)cc(Cl)c1OCC(N)=O.Cl. The summed E-state index contributed by atoms with van der Waals surface area (Å²) in [5.41, 5.74) is 11.6. The van der Waals surface area contributed by atoms with Crippen molar-refractivity contribution in [3.8, 4) is 11.5 Å². The molecule has 0 aliphatic heterocycles. The number of benzene rings is 1. The molecular weight excluding hydrogens is 405 g/mol. The molecule has 2 fully saturated rings. The van der Waals surface area contributed by atoms with Crippen LogP contribution in [0.5, 0.6) is 11.5 Å². The number of hydrogen-bond donors (Lipinski definition) is 3. The largest absolute Gasteiger partial charge is 0.493 e. The fraction of sp³-hybridized carbons (Fsp3) is 0.579. The first-order chi connectivity index (χ1) is 12.9. The zero-order valence-corrected chi connectivity index (χ0v) is 17.4. The molecule has 0 radical (unpaired) electrons. The van der Waals surface area contributed by atoms with E-state index in [4.69, 9.17) is 32.5 Å². The van der Waals surface area contributed by atoms with Crippen molar-refractivity contribution in [2.75, 3.05) is 13.7 Å². The van der Waals surface area contributed by atoms with Gasteiger partial charge in [0.15, 0.2) is 18.1 Å². The molecule has 0 saturated heterocycles. The van der Waals surface area contributed by atoms with Crippen molar-refractivity contribution < 1.29 is 19.1 Å². The maximum atomic E-state index is 12.9. The zero-order valence-electron chi connectivity index (χ0n) is 15.8. The van der Waals surface area contributed by atoms with E-state index in [1.165, 1.54) is 19.6 Å². The van der Waals surface area contributed by atoms with Crippen LogP contribution in [0.15, 0.2) is 12.1 Å². The van der Waals surface area contributed by atoms with Crippen molar-refractivity contribution >= 4 is 35.8 Å². The highest BCUT2D eigenvalue weighted by molar-refractivity contribution is 6.32. The number of nitrogens with one attached hydrogen (secondary N) is 1. The molecular formula is C19H27Cl2N3O4. The second-order valence-corrected chi connectivity index (χ2v) is 7.83. The summed E-state index contributed by atoms with van der Waals surface area (Å²) in [5.74, 6) is 0.486. The van der Waals surface area contributed by atoms with Gasteiger partial charge >= 0.3 is 0 Å². The van der Waals surface area contributed by atoms with Crippen molar-refractivity contribution in [3.63, 3.8) is 0 Å². The summed E-state index contributed by atoms with van der Waals surface area (Å²) in [4.78, 5) is 23.8. The molecule has 2 amide bonds. The van der Waals surface area contributed by atoms with Gasteiger partial charge in [-0.3, -0.25) is 9.59 Å². The monoisotopic (exact) mass is 431 g/mol. The number of nitrogens with two attached hydrogens (primary N) is 2. The maximum Gasteiger partial charge on any atom is 0.255 e. The van der Waals surface area contributed by atoms with E-state index in [9.17, 15) is 9.59 Å². The van der Waals surface area contributed by atoms with E-state index in [0.717, 1.165) is 25.7 Å². The summed E-state index contributed by atoms with van der Waals surface area (Å²) in [6, 6.07) is 3.44. The molecule has 9 heteroatoms. The first-order valence-corrected chi connectivity index (χ1v) is 9.62. The number of amides is 2. The lowest BCUT2D eigenvalue weighted by Crippen LogP contribution is -2.53. The molecule has 1 aromatic rings. The summed E-state index contributed by atoms with van der Waals surface area (Å²) in [6.07, 6.45) is 5.29. The quantitative estimate of drug-likeness (QED) is 0.638. The fourth-order valence-corrected chi connectivity index (χ4v) is 4.66. The molecule has 156 valence electrons. The van der Waals surface area contributed by atoms with Crippen LogP contribution in [0.2, 0.25) is 5.02 Å². The van der Waals surface area contributed by atoms with Crippen LogP contribution in [0.25, 0.3) is 0 Å². The molecule has 7 nitrogen and oxygen atoms in total. The Morgan fingerprint density at radius 1 is 1.25 bits per heavy atom. The molecule has 0 spiro atoms. The standard InChI is InChI=1S/C19H26ClN3O4.ClH/c1-26-15-8-12(7-14(20)18(15)27-9-16(22)24)19(25)23-17-10-3-2-4-11(17)6-13(21)5-10;/h7-8,10-11,13,17H,2-6,9,21H2,1H3,(H2,22,24)(H,23,25);1H. The van der Waals surface area contributed by atoms with Gasteiger partial charge in [0, 0.05) is 17.6 Å². The molecule has 0 aromatic heterocycles. The molecule has 28 heavy (non-hydrogen) atoms. The van der Waals surface area contributed by atoms with Crippen LogP contribution < -0.4 is 26.3 Å². The van der Waals surface area contributed by atoms with Gasteiger partial charge in [0.05, 0.1) is 12.1 Å². The molecule has 5 N–H and O–H groups in total. The van der Waals surface area contributed by atoms with Gasteiger partial charge in [-0.2, -0.15) is 0 Å². The van der Waals surface area contributed by atoms with E-state index in [2.05, 4.69) is 5.32 Å². The van der Waals surface area contributed by atoms with Crippen LogP contribution in [0.1, 0.15) is 42.5 Å². The average molecular weight is 432 g/mol. The Morgan fingerprint density at radius 3 is 2.46 bits per heavy atom. The third-order valence-electron chi connectivity index (χ3n) is 5.52. The number of methoxy groups -OCH3 is 1. The van der Waals surface area contributed by atoms with Gasteiger partial charge in [0.25, 0.3) is 11.8 Å². The fourth-order valence-electron chi connectivity index (χ4n) is 4.39. The number of primary amides is 1. The normalized spacial score (nSPS) is 26.0. The van der Waals surface area contributed by atoms with E-state index in [-0.39, 0.29) is 53.5 Å². The van der Waals surface area contributed by atoms with Crippen LogP contribution in [0.4, 0.5) is 0 Å². The summed E-state index contributed by atoms with van der Waals surface area (Å²) < 4.78 is 10.6. The highest BCUT2D eigenvalue weighted by atomic mass is 35.5. The molecule has 2 aliphatic carbocycles. The summed E-state index contributed by atoms with van der Waals surface area (Å²) in [7, 11) is 1.44. The third kappa shape index (κ3) is 5.01. The topological polar surface area (TPSA) is 117 Å². The predicted octanol–water partition coefficient (Wildman–Crippen LogP) is 2.27. The lowest BCUT2D eigenvalue weighted by Gasteiger charge is -2.45. The van der Waals surface area contributed by atoms with Gasteiger partial charge in [-0.05, 0) is 49.7 Å². The maximum absolute atomic E-state index is 12.9. The Balaban J connectivity index is 0.00000280. The van der Waals surface area contributed by atoms with Gasteiger partial charge in [0.2, 0.25) is 0 Å². The molecule has 2 atom stereocenters. The highest BCUT2D eigenvalue weighted by Crippen LogP contribution is 2.40. The number of fused-ring (bicyclic) bond motifs is 2. The smallest absolute Gasteiger partial charge is 0.255 e. The lowest BCUT2D eigenvalue weighted by molar-refractivity contribution is -0.119. The Hall–Kier alpha value is -1.70. The number of ether oxygens (including phenoxy) is 2. The second-order valence-electron chi connectivity index (χ2n) is 7.43. The lowest BCUT2D eigenvalue weighted by atomic mass is 9.67. The zero-order chi connectivity index (χ0) is 19.6. The van der Waals surface area contributed by atoms with Crippen LogP contribution >= 0.6 is 24.0 Å². The molecule has 2 unspecified atom stereocenters. The van der Waals surface area contributed by atoms with Crippen LogP contribution in [-0.2, 0) is 4.79 Å². The number of hydrogen-bond acceptors (Lipinski definition) is 5. The van der Waals surface area contributed by atoms with Crippen molar-refractivity contribution in [2.24, 2.45) is 23.3 Å². The molecule has 2 saturated carbocycles. The molecule has 3 rings (SSSR count). The Labute approximate surface area is 175 Å². The van der Waals surface area contributed by atoms with Gasteiger partial charge in [-0.1, -0.05) is 18.0 Å². The van der Waals surface area contributed by atoms with Crippen molar-refractivity contribution in [2.45, 2.75) is 44.2 Å². The van der Waals surface area contributed by atoms with Crippen LogP contribution in [0, 0.1) is 11.8 Å². The van der Waals surface area contributed by atoms with E-state index < -0.39 is 5.91 Å².